The summed E-state index contributed by atoms with van der Waals surface area (Å²) in [5.41, 5.74) is 0.761. The molecule has 3 rings (SSSR count). The minimum atomic E-state index is -0.893. The third kappa shape index (κ3) is 3.92. The van der Waals surface area contributed by atoms with Crippen LogP contribution in [0.15, 0.2) is 60.7 Å². The molecule has 2 aromatic rings. The van der Waals surface area contributed by atoms with E-state index in [0.717, 1.165) is 0 Å². The van der Waals surface area contributed by atoms with Crippen LogP contribution in [0, 0.1) is 0 Å². The fraction of sp³-hybridized carbons (Fsp3) is 0.300. The van der Waals surface area contributed by atoms with Gasteiger partial charge in [-0.1, -0.05) is 36.4 Å². The van der Waals surface area contributed by atoms with Crippen LogP contribution in [0.3, 0.4) is 0 Å². The van der Waals surface area contributed by atoms with Crippen molar-refractivity contribution in [2.75, 3.05) is 6.61 Å². The smallest absolute Gasteiger partial charge is 0.338 e. The summed E-state index contributed by atoms with van der Waals surface area (Å²) in [6, 6.07) is 17.0. The molecular weight excluding hydrogens is 336 g/mol. The number of esters is 2. The number of rotatable bonds is 5. The minimum absolute atomic E-state index is 0.351. The van der Waals surface area contributed by atoms with Gasteiger partial charge in [-0.15, -0.1) is 0 Å². The van der Waals surface area contributed by atoms with Gasteiger partial charge in [0.25, 0.3) is 0 Å². The Balaban J connectivity index is 1.76. The van der Waals surface area contributed by atoms with E-state index >= 15 is 0 Å². The van der Waals surface area contributed by atoms with Crippen molar-refractivity contribution < 1.29 is 28.9 Å². The molecule has 1 heterocycles. The Morgan fingerprint density at radius 2 is 1.35 bits per heavy atom. The summed E-state index contributed by atoms with van der Waals surface area (Å²) < 4.78 is 16.7. The monoisotopic (exact) mass is 356 g/mol. The average Bonchev–Trinajstić information content (AvgIpc) is 2.98. The quantitative estimate of drug-likeness (QED) is 0.827. The molecule has 0 bridgehead atoms. The SMILES string of the molecule is CC1OC(CO)[C@@H](OC(=O)c2ccccc2)[C@H]1OC(=O)c1ccccc1. The Kier molecular flexibility index (Phi) is 5.65. The molecule has 2 aromatic carbocycles. The molecule has 136 valence electrons. The molecule has 6 heteroatoms. The molecule has 0 spiro atoms. The van der Waals surface area contributed by atoms with E-state index in [9.17, 15) is 14.7 Å². The molecule has 26 heavy (non-hydrogen) atoms. The van der Waals surface area contributed by atoms with Gasteiger partial charge in [-0.05, 0) is 31.2 Å². The maximum absolute atomic E-state index is 12.4. The normalized spacial score (nSPS) is 24.8. The molecule has 0 saturated carbocycles. The Bertz CT molecular complexity index is 745. The van der Waals surface area contributed by atoms with E-state index in [1.165, 1.54) is 0 Å². The molecule has 1 N–H and O–H groups in total. The van der Waals surface area contributed by atoms with Crippen molar-refractivity contribution in [1.29, 1.82) is 0 Å². The largest absolute Gasteiger partial charge is 0.452 e. The van der Waals surface area contributed by atoms with Gasteiger partial charge in [0.2, 0.25) is 0 Å². The van der Waals surface area contributed by atoms with Gasteiger partial charge in [-0.25, -0.2) is 9.59 Å². The van der Waals surface area contributed by atoms with Crippen molar-refractivity contribution in [2.45, 2.75) is 31.3 Å². The molecule has 6 nitrogen and oxygen atoms in total. The van der Waals surface area contributed by atoms with E-state index in [2.05, 4.69) is 0 Å². The topological polar surface area (TPSA) is 82.1 Å². The Morgan fingerprint density at radius 3 is 1.81 bits per heavy atom. The number of hydrogen-bond acceptors (Lipinski definition) is 6. The number of benzene rings is 2. The lowest BCUT2D eigenvalue weighted by atomic mass is 10.1. The molecule has 0 aliphatic carbocycles. The molecule has 0 aromatic heterocycles. The fourth-order valence-corrected chi connectivity index (χ4v) is 2.89. The van der Waals surface area contributed by atoms with Crippen LogP contribution in [0.1, 0.15) is 27.6 Å². The Morgan fingerprint density at radius 1 is 0.885 bits per heavy atom. The van der Waals surface area contributed by atoms with Crippen LogP contribution >= 0.6 is 0 Å². The zero-order valence-corrected chi connectivity index (χ0v) is 14.3. The molecule has 0 radical (unpaired) electrons. The van der Waals surface area contributed by atoms with Crippen LogP contribution in [0.4, 0.5) is 0 Å². The predicted molar refractivity (Wildman–Crippen MR) is 92.7 cm³/mol. The summed E-state index contributed by atoms with van der Waals surface area (Å²) in [5, 5.41) is 9.55. The summed E-state index contributed by atoms with van der Waals surface area (Å²) in [6.07, 6.45) is -2.98. The van der Waals surface area contributed by atoms with Crippen molar-refractivity contribution in [3.05, 3.63) is 71.8 Å². The zero-order chi connectivity index (χ0) is 18.5. The first-order valence-corrected chi connectivity index (χ1v) is 8.38. The van der Waals surface area contributed by atoms with Crippen molar-refractivity contribution in [2.24, 2.45) is 0 Å². The summed E-state index contributed by atoms with van der Waals surface area (Å²) in [5.74, 6) is -1.10. The Labute approximate surface area is 151 Å². The van der Waals surface area contributed by atoms with Crippen molar-refractivity contribution in [1.82, 2.24) is 0 Å². The first kappa shape index (κ1) is 18.1. The number of carbonyl (C=O) groups excluding carboxylic acids is 2. The van der Waals surface area contributed by atoms with Gasteiger partial charge in [0.05, 0.1) is 23.8 Å². The number of ether oxygens (including phenoxy) is 3. The summed E-state index contributed by atoms with van der Waals surface area (Å²) in [7, 11) is 0. The highest BCUT2D eigenvalue weighted by Gasteiger charge is 2.47. The lowest BCUT2D eigenvalue weighted by molar-refractivity contribution is -0.0390. The van der Waals surface area contributed by atoms with E-state index in [1.54, 1.807) is 67.6 Å². The summed E-state index contributed by atoms with van der Waals surface area (Å²) in [6.45, 7) is 1.36. The van der Waals surface area contributed by atoms with Gasteiger partial charge >= 0.3 is 11.9 Å². The van der Waals surface area contributed by atoms with Crippen molar-refractivity contribution in [3.63, 3.8) is 0 Å². The van der Waals surface area contributed by atoms with E-state index in [4.69, 9.17) is 14.2 Å². The number of hydrogen-bond donors (Lipinski definition) is 1. The zero-order valence-electron chi connectivity index (χ0n) is 14.3. The van der Waals surface area contributed by atoms with Gasteiger partial charge < -0.3 is 19.3 Å². The number of aliphatic hydroxyl groups is 1. The molecular formula is C20H20O6. The Hall–Kier alpha value is -2.70. The molecule has 1 fully saturated rings. The standard InChI is InChI=1S/C20H20O6/c1-13-17(25-19(22)14-8-4-2-5-9-14)18(16(12-21)24-13)26-20(23)15-10-6-3-7-11-15/h2-11,13,16-18,21H,12H2,1H3/t13?,16?,17-,18+/m0/s1. The lowest BCUT2D eigenvalue weighted by Crippen LogP contribution is -2.41. The highest BCUT2D eigenvalue weighted by Crippen LogP contribution is 2.28. The van der Waals surface area contributed by atoms with Gasteiger partial charge in [0.15, 0.2) is 12.2 Å². The van der Waals surface area contributed by atoms with Crippen molar-refractivity contribution >= 4 is 11.9 Å². The van der Waals surface area contributed by atoms with Gasteiger partial charge in [0, 0.05) is 0 Å². The third-order valence-corrected chi connectivity index (χ3v) is 4.23. The van der Waals surface area contributed by atoms with Crippen molar-refractivity contribution in [3.8, 4) is 0 Å². The molecule has 1 aliphatic heterocycles. The van der Waals surface area contributed by atoms with Crippen LogP contribution in [0.2, 0.25) is 0 Å². The molecule has 1 aliphatic rings. The lowest BCUT2D eigenvalue weighted by Gasteiger charge is -2.23. The minimum Gasteiger partial charge on any atom is -0.452 e. The molecule has 1 saturated heterocycles. The van der Waals surface area contributed by atoms with Crippen LogP contribution in [-0.4, -0.2) is 48.1 Å². The third-order valence-electron chi connectivity index (χ3n) is 4.23. The molecule has 2 unspecified atom stereocenters. The second-order valence-electron chi connectivity index (χ2n) is 6.03. The number of aliphatic hydroxyl groups excluding tert-OH is 1. The summed E-state index contributed by atoms with van der Waals surface area (Å²) >= 11 is 0. The van der Waals surface area contributed by atoms with Crippen LogP contribution < -0.4 is 0 Å². The summed E-state index contributed by atoms with van der Waals surface area (Å²) in [4.78, 5) is 24.7. The predicted octanol–water partition coefficient (Wildman–Crippen LogP) is 2.22. The molecule has 0 amide bonds. The second-order valence-corrected chi connectivity index (χ2v) is 6.03. The van der Waals surface area contributed by atoms with E-state index < -0.39 is 36.4 Å². The maximum Gasteiger partial charge on any atom is 0.338 e. The van der Waals surface area contributed by atoms with Crippen LogP contribution in [0.5, 0.6) is 0 Å². The average molecular weight is 356 g/mol. The first-order chi connectivity index (χ1) is 12.6. The van der Waals surface area contributed by atoms with Crippen LogP contribution in [-0.2, 0) is 14.2 Å². The maximum atomic E-state index is 12.4. The van der Waals surface area contributed by atoms with Gasteiger partial charge in [-0.3, -0.25) is 0 Å². The van der Waals surface area contributed by atoms with E-state index in [1.807, 2.05) is 0 Å². The van der Waals surface area contributed by atoms with Gasteiger partial charge in [0.1, 0.15) is 6.10 Å². The fourth-order valence-electron chi connectivity index (χ4n) is 2.89. The first-order valence-electron chi connectivity index (χ1n) is 8.38. The molecule has 4 atom stereocenters. The van der Waals surface area contributed by atoms with Gasteiger partial charge in [-0.2, -0.15) is 0 Å². The highest BCUT2D eigenvalue weighted by atomic mass is 16.6. The highest BCUT2D eigenvalue weighted by molar-refractivity contribution is 5.90. The second kappa shape index (κ2) is 8.12. The van der Waals surface area contributed by atoms with Crippen LogP contribution in [0.25, 0.3) is 0 Å². The van der Waals surface area contributed by atoms with E-state index in [-0.39, 0.29) is 6.61 Å². The van der Waals surface area contributed by atoms with E-state index in [0.29, 0.717) is 11.1 Å². The number of carbonyl (C=O) groups is 2.